The van der Waals surface area contributed by atoms with Crippen molar-refractivity contribution in [1.82, 2.24) is 10.2 Å². The predicted molar refractivity (Wildman–Crippen MR) is 87.4 cm³/mol. The number of nitrogens with zero attached hydrogens (tertiary/aromatic N) is 1. The SMILES string of the molecule is CC1CCC(NC2CCN(C3CCCCC3O)CC2)CC1. The zero-order valence-corrected chi connectivity index (χ0v) is 13.8. The molecule has 0 radical (unpaired) electrons. The lowest BCUT2D eigenvalue weighted by Crippen LogP contribution is -2.53. The molecule has 2 atom stereocenters. The van der Waals surface area contributed by atoms with E-state index in [2.05, 4.69) is 17.1 Å². The number of piperidine rings is 1. The maximum atomic E-state index is 10.2. The fraction of sp³-hybridized carbons (Fsp3) is 1.00. The van der Waals surface area contributed by atoms with E-state index in [0.29, 0.717) is 6.04 Å². The highest BCUT2D eigenvalue weighted by atomic mass is 16.3. The van der Waals surface area contributed by atoms with Gasteiger partial charge in [0, 0.05) is 31.2 Å². The van der Waals surface area contributed by atoms with Crippen LogP contribution < -0.4 is 5.32 Å². The standard InChI is InChI=1S/C18H34N2O/c1-14-6-8-15(9-7-14)19-16-10-12-20(13-11-16)17-4-2-3-5-18(17)21/h14-19,21H,2-13H2,1H3. The number of nitrogens with one attached hydrogen (secondary N) is 1. The molecule has 2 saturated carbocycles. The molecule has 2 unspecified atom stereocenters. The van der Waals surface area contributed by atoms with E-state index in [0.717, 1.165) is 24.4 Å². The lowest BCUT2D eigenvalue weighted by molar-refractivity contribution is 0.00626. The van der Waals surface area contributed by atoms with Crippen LogP contribution in [0.25, 0.3) is 0 Å². The number of aliphatic hydroxyl groups is 1. The highest BCUT2D eigenvalue weighted by Crippen LogP contribution is 2.27. The van der Waals surface area contributed by atoms with Gasteiger partial charge in [0.25, 0.3) is 0 Å². The van der Waals surface area contributed by atoms with E-state index in [4.69, 9.17) is 0 Å². The Labute approximate surface area is 130 Å². The summed E-state index contributed by atoms with van der Waals surface area (Å²) in [4.78, 5) is 2.57. The Balaban J connectivity index is 1.40. The Morgan fingerprint density at radius 1 is 0.810 bits per heavy atom. The second kappa shape index (κ2) is 7.43. The first-order valence-corrected chi connectivity index (χ1v) is 9.40. The van der Waals surface area contributed by atoms with Gasteiger partial charge in [0.1, 0.15) is 0 Å². The van der Waals surface area contributed by atoms with Gasteiger partial charge in [-0.15, -0.1) is 0 Å². The first kappa shape index (κ1) is 15.8. The molecule has 21 heavy (non-hydrogen) atoms. The molecule has 3 aliphatic rings. The lowest BCUT2D eigenvalue weighted by atomic mass is 9.86. The van der Waals surface area contributed by atoms with E-state index in [9.17, 15) is 5.11 Å². The molecule has 3 nitrogen and oxygen atoms in total. The van der Waals surface area contributed by atoms with Gasteiger partial charge in [0.15, 0.2) is 0 Å². The summed E-state index contributed by atoms with van der Waals surface area (Å²) in [6.45, 7) is 4.76. The average molecular weight is 294 g/mol. The lowest BCUT2D eigenvalue weighted by Gasteiger charge is -2.42. The normalized spacial score (nSPS) is 40.3. The first-order valence-electron chi connectivity index (χ1n) is 9.40. The van der Waals surface area contributed by atoms with Crippen molar-refractivity contribution in [1.29, 1.82) is 0 Å². The molecule has 122 valence electrons. The minimum absolute atomic E-state index is 0.0666. The van der Waals surface area contributed by atoms with Crippen LogP contribution in [0.3, 0.4) is 0 Å². The van der Waals surface area contributed by atoms with Gasteiger partial charge < -0.3 is 10.4 Å². The van der Waals surface area contributed by atoms with Gasteiger partial charge in [-0.2, -0.15) is 0 Å². The number of likely N-dealkylation sites (tertiary alicyclic amines) is 1. The van der Waals surface area contributed by atoms with Crippen LogP contribution in [-0.4, -0.2) is 47.3 Å². The molecule has 1 aliphatic heterocycles. The summed E-state index contributed by atoms with van der Waals surface area (Å²) >= 11 is 0. The number of rotatable bonds is 3. The third kappa shape index (κ3) is 4.20. The highest BCUT2D eigenvalue weighted by Gasteiger charge is 2.32. The number of hydrogen-bond acceptors (Lipinski definition) is 3. The summed E-state index contributed by atoms with van der Waals surface area (Å²) in [5, 5.41) is 14.1. The zero-order chi connectivity index (χ0) is 14.7. The Morgan fingerprint density at radius 3 is 2.10 bits per heavy atom. The second-order valence-electron chi connectivity index (χ2n) is 7.85. The monoisotopic (exact) mass is 294 g/mol. The maximum absolute atomic E-state index is 10.2. The van der Waals surface area contributed by atoms with Crippen LogP contribution in [0.4, 0.5) is 0 Å². The fourth-order valence-corrected chi connectivity index (χ4v) is 4.68. The van der Waals surface area contributed by atoms with Crippen molar-refractivity contribution in [2.24, 2.45) is 5.92 Å². The molecular formula is C18H34N2O. The van der Waals surface area contributed by atoms with Gasteiger partial charge in [-0.3, -0.25) is 4.90 Å². The molecule has 3 rings (SSSR count). The Kier molecular flexibility index (Phi) is 5.58. The van der Waals surface area contributed by atoms with Crippen molar-refractivity contribution in [2.45, 2.75) is 95.4 Å². The van der Waals surface area contributed by atoms with Crippen LogP contribution in [0.15, 0.2) is 0 Å². The van der Waals surface area contributed by atoms with Crippen molar-refractivity contribution in [3.8, 4) is 0 Å². The molecule has 0 aromatic rings. The van der Waals surface area contributed by atoms with Crippen molar-refractivity contribution < 1.29 is 5.11 Å². The summed E-state index contributed by atoms with van der Waals surface area (Å²) in [6, 6.07) is 1.95. The van der Waals surface area contributed by atoms with Gasteiger partial charge in [-0.1, -0.05) is 19.8 Å². The minimum atomic E-state index is -0.0666. The van der Waals surface area contributed by atoms with Crippen LogP contribution in [-0.2, 0) is 0 Å². The van der Waals surface area contributed by atoms with Crippen LogP contribution in [0, 0.1) is 5.92 Å². The minimum Gasteiger partial charge on any atom is -0.391 e. The third-order valence-electron chi connectivity index (χ3n) is 6.18. The number of hydrogen-bond donors (Lipinski definition) is 2. The predicted octanol–water partition coefficient (Wildman–Crippen LogP) is 2.92. The topological polar surface area (TPSA) is 35.5 Å². The van der Waals surface area contributed by atoms with E-state index in [1.54, 1.807) is 0 Å². The maximum Gasteiger partial charge on any atom is 0.0695 e. The van der Waals surface area contributed by atoms with E-state index in [1.165, 1.54) is 70.9 Å². The van der Waals surface area contributed by atoms with E-state index < -0.39 is 0 Å². The molecule has 3 heteroatoms. The van der Waals surface area contributed by atoms with Crippen LogP contribution in [0.1, 0.15) is 71.1 Å². The molecule has 2 aliphatic carbocycles. The molecule has 1 saturated heterocycles. The van der Waals surface area contributed by atoms with Crippen LogP contribution >= 0.6 is 0 Å². The van der Waals surface area contributed by atoms with Gasteiger partial charge in [0.05, 0.1) is 6.10 Å². The summed E-state index contributed by atoms with van der Waals surface area (Å²) in [6.07, 6.45) is 12.8. The number of aliphatic hydroxyl groups excluding tert-OH is 1. The van der Waals surface area contributed by atoms with Gasteiger partial charge in [0.2, 0.25) is 0 Å². The molecule has 2 N–H and O–H groups in total. The van der Waals surface area contributed by atoms with Crippen molar-refractivity contribution in [3.63, 3.8) is 0 Å². The molecule has 0 amide bonds. The smallest absolute Gasteiger partial charge is 0.0695 e. The van der Waals surface area contributed by atoms with Crippen LogP contribution in [0.2, 0.25) is 0 Å². The van der Waals surface area contributed by atoms with E-state index in [-0.39, 0.29) is 6.10 Å². The van der Waals surface area contributed by atoms with Crippen molar-refractivity contribution in [2.75, 3.05) is 13.1 Å². The quantitative estimate of drug-likeness (QED) is 0.840. The van der Waals surface area contributed by atoms with E-state index >= 15 is 0 Å². The summed E-state index contributed by atoms with van der Waals surface area (Å²) in [5.74, 6) is 0.942. The van der Waals surface area contributed by atoms with E-state index in [1.807, 2.05) is 0 Å². The van der Waals surface area contributed by atoms with Crippen molar-refractivity contribution in [3.05, 3.63) is 0 Å². The summed E-state index contributed by atoms with van der Waals surface area (Å²) in [5.41, 5.74) is 0. The molecule has 1 heterocycles. The molecule has 0 spiro atoms. The molecule has 0 bridgehead atoms. The largest absolute Gasteiger partial charge is 0.391 e. The molecular weight excluding hydrogens is 260 g/mol. The second-order valence-corrected chi connectivity index (χ2v) is 7.85. The first-order chi connectivity index (χ1) is 10.2. The van der Waals surface area contributed by atoms with Gasteiger partial charge >= 0.3 is 0 Å². The average Bonchev–Trinajstić information content (AvgIpc) is 2.51. The molecule has 3 fully saturated rings. The third-order valence-corrected chi connectivity index (χ3v) is 6.18. The Hall–Kier alpha value is -0.120. The highest BCUT2D eigenvalue weighted by molar-refractivity contribution is 4.89. The molecule has 0 aromatic carbocycles. The fourth-order valence-electron chi connectivity index (χ4n) is 4.68. The Bertz CT molecular complexity index is 306. The van der Waals surface area contributed by atoms with Gasteiger partial charge in [-0.25, -0.2) is 0 Å². The summed E-state index contributed by atoms with van der Waals surface area (Å²) < 4.78 is 0. The Morgan fingerprint density at radius 2 is 1.43 bits per heavy atom. The zero-order valence-electron chi connectivity index (χ0n) is 13.8. The summed E-state index contributed by atoms with van der Waals surface area (Å²) in [7, 11) is 0. The molecule has 0 aromatic heterocycles. The van der Waals surface area contributed by atoms with Crippen molar-refractivity contribution >= 4 is 0 Å². The van der Waals surface area contributed by atoms with Crippen LogP contribution in [0.5, 0.6) is 0 Å². The van der Waals surface area contributed by atoms with Gasteiger partial charge in [-0.05, 0) is 57.3 Å².